The molecular weight excluding hydrogens is 228 g/mol. The smallest absolute Gasteiger partial charge is 0.251 e. The van der Waals surface area contributed by atoms with Crippen LogP contribution in [0, 0.1) is 0 Å². The number of hydrogen-bond donors (Lipinski definition) is 2. The first kappa shape index (κ1) is 12.3. The molecule has 0 radical (unpaired) electrons. The van der Waals surface area contributed by atoms with Gasteiger partial charge in [0.15, 0.2) is 0 Å². The van der Waals surface area contributed by atoms with Crippen molar-refractivity contribution >= 4 is 5.91 Å². The Kier molecular flexibility index (Phi) is 3.74. The standard InChI is InChI=1S/C13H16N4O/c1-2-15-7-10-3-5-12(6-4-10)17-9-11(8-16-17)13(14)18/h3-6,8-9,15H,2,7H2,1H3,(H2,14,18). The van der Waals surface area contributed by atoms with Crippen molar-refractivity contribution in [1.29, 1.82) is 0 Å². The molecule has 0 aliphatic rings. The van der Waals surface area contributed by atoms with E-state index in [4.69, 9.17) is 5.73 Å². The molecule has 0 atom stereocenters. The lowest BCUT2D eigenvalue weighted by atomic mass is 10.2. The number of nitrogens with one attached hydrogen (secondary N) is 1. The molecule has 0 fully saturated rings. The van der Waals surface area contributed by atoms with Crippen molar-refractivity contribution in [3.8, 4) is 5.69 Å². The van der Waals surface area contributed by atoms with Crippen LogP contribution in [0.5, 0.6) is 0 Å². The largest absolute Gasteiger partial charge is 0.366 e. The summed E-state index contributed by atoms with van der Waals surface area (Å²) in [6.45, 7) is 3.87. The van der Waals surface area contributed by atoms with E-state index in [1.165, 1.54) is 11.8 Å². The van der Waals surface area contributed by atoms with Gasteiger partial charge in [-0.25, -0.2) is 4.68 Å². The number of carbonyl (C=O) groups is 1. The topological polar surface area (TPSA) is 72.9 Å². The molecule has 0 bridgehead atoms. The predicted octanol–water partition coefficient (Wildman–Crippen LogP) is 1.08. The molecule has 3 N–H and O–H groups in total. The maximum absolute atomic E-state index is 11.0. The van der Waals surface area contributed by atoms with E-state index in [-0.39, 0.29) is 0 Å². The Morgan fingerprint density at radius 2 is 2.11 bits per heavy atom. The minimum Gasteiger partial charge on any atom is -0.366 e. The molecule has 0 spiro atoms. The third-order valence-corrected chi connectivity index (χ3v) is 2.65. The van der Waals surface area contributed by atoms with Gasteiger partial charge in [0.05, 0.1) is 17.4 Å². The van der Waals surface area contributed by atoms with Gasteiger partial charge >= 0.3 is 0 Å². The number of primary amides is 1. The van der Waals surface area contributed by atoms with E-state index in [0.717, 1.165) is 18.8 Å². The van der Waals surface area contributed by atoms with E-state index < -0.39 is 5.91 Å². The second kappa shape index (κ2) is 5.46. The molecule has 18 heavy (non-hydrogen) atoms. The van der Waals surface area contributed by atoms with Gasteiger partial charge in [-0.05, 0) is 24.2 Å². The van der Waals surface area contributed by atoms with Crippen LogP contribution < -0.4 is 11.1 Å². The van der Waals surface area contributed by atoms with E-state index >= 15 is 0 Å². The van der Waals surface area contributed by atoms with Crippen molar-refractivity contribution in [3.05, 3.63) is 47.8 Å². The van der Waals surface area contributed by atoms with E-state index in [1.54, 1.807) is 10.9 Å². The zero-order chi connectivity index (χ0) is 13.0. The molecule has 5 nitrogen and oxygen atoms in total. The van der Waals surface area contributed by atoms with Gasteiger partial charge in [0.1, 0.15) is 0 Å². The second-order valence-electron chi connectivity index (χ2n) is 3.98. The average Bonchev–Trinajstić information content (AvgIpc) is 2.87. The summed E-state index contributed by atoms with van der Waals surface area (Å²) < 4.78 is 1.64. The maximum Gasteiger partial charge on any atom is 0.251 e. The highest BCUT2D eigenvalue weighted by Gasteiger charge is 2.05. The van der Waals surface area contributed by atoms with Gasteiger partial charge in [-0.3, -0.25) is 4.79 Å². The number of rotatable bonds is 5. The van der Waals surface area contributed by atoms with E-state index in [0.29, 0.717) is 5.56 Å². The first-order valence-electron chi connectivity index (χ1n) is 5.85. The van der Waals surface area contributed by atoms with Crippen LogP contribution in [0.1, 0.15) is 22.8 Å². The Bertz CT molecular complexity index is 530. The lowest BCUT2D eigenvalue weighted by molar-refractivity contribution is 0.100. The second-order valence-corrected chi connectivity index (χ2v) is 3.98. The highest BCUT2D eigenvalue weighted by atomic mass is 16.1. The summed E-state index contributed by atoms with van der Waals surface area (Å²) >= 11 is 0. The van der Waals surface area contributed by atoms with Gasteiger partial charge in [0.2, 0.25) is 0 Å². The molecule has 0 saturated heterocycles. The molecule has 94 valence electrons. The molecule has 2 rings (SSSR count). The van der Waals surface area contributed by atoms with Crippen LogP contribution in [0.3, 0.4) is 0 Å². The van der Waals surface area contributed by atoms with Crippen molar-refractivity contribution in [3.63, 3.8) is 0 Å². The lowest BCUT2D eigenvalue weighted by Gasteiger charge is -2.04. The molecular formula is C13H16N4O. The molecule has 0 unspecified atom stereocenters. The number of nitrogens with two attached hydrogens (primary N) is 1. The van der Waals surface area contributed by atoms with Crippen LogP contribution in [0.25, 0.3) is 5.69 Å². The predicted molar refractivity (Wildman–Crippen MR) is 69.5 cm³/mol. The normalized spacial score (nSPS) is 10.5. The van der Waals surface area contributed by atoms with Crippen molar-refractivity contribution in [2.45, 2.75) is 13.5 Å². The fourth-order valence-corrected chi connectivity index (χ4v) is 1.63. The number of aromatic nitrogens is 2. The first-order chi connectivity index (χ1) is 8.70. The van der Waals surface area contributed by atoms with Crippen LogP contribution in [0.4, 0.5) is 0 Å². The molecule has 0 aliphatic carbocycles. The SMILES string of the molecule is CCNCc1ccc(-n2cc(C(N)=O)cn2)cc1. The molecule has 0 saturated carbocycles. The van der Waals surface area contributed by atoms with Gasteiger partial charge < -0.3 is 11.1 Å². The van der Waals surface area contributed by atoms with Crippen molar-refractivity contribution < 1.29 is 4.79 Å². The van der Waals surface area contributed by atoms with Crippen molar-refractivity contribution in [2.24, 2.45) is 5.73 Å². The average molecular weight is 244 g/mol. The Morgan fingerprint density at radius 1 is 1.39 bits per heavy atom. The van der Waals surface area contributed by atoms with Gasteiger partial charge in [0, 0.05) is 12.7 Å². The Labute approximate surface area is 106 Å². The van der Waals surface area contributed by atoms with Crippen LogP contribution in [-0.4, -0.2) is 22.2 Å². The minimum atomic E-state index is -0.468. The van der Waals surface area contributed by atoms with E-state index in [2.05, 4.69) is 17.3 Å². The molecule has 1 heterocycles. The van der Waals surface area contributed by atoms with Gasteiger partial charge in [-0.1, -0.05) is 19.1 Å². The number of carbonyl (C=O) groups excluding carboxylic acids is 1. The van der Waals surface area contributed by atoms with Crippen molar-refractivity contribution in [1.82, 2.24) is 15.1 Å². The van der Waals surface area contributed by atoms with Crippen LogP contribution in [0.2, 0.25) is 0 Å². The summed E-state index contributed by atoms with van der Waals surface area (Å²) in [5.41, 5.74) is 7.71. The van der Waals surface area contributed by atoms with Crippen molar-refractivity contribution in [2.75, 3.05) is 6.54 Å². The summed E-state index contributed by atoms with van der Waals surface area (Å²) in [4.78, 5) is 11.0. The Hall–Kier alpha value is -2.14. The molecule has 2 aromatic rings. The Balaban J connectivity index is 2.15. The fraction of sp³-hybridized carbons (Fsp3) is 0.231. The molecule has 1 aromatic carbocycles. The summed E-state index contributed by atoms with van der Waals surface area (Å²) in [6.07, 6.45) is 3.09. The molecule has 0 aliphatic heterocycles. The molecule has 1 aromatic heterocycles. The number of benzene rings is 1. The fourth-order valence-electron chi connectivity index (χ4n) is 1.63. The third-order valence-electron chi connectivity index (χ3n) is 2.65. The number of nitrogens with zero attached hydrogens (tertiary/aromatic N) is 2. The third kappa shape index (κ3) is 2.75. The summed E-state index contributed by atoms with van der Waals surface area (Å²) in [5.74, 6) is -0.468. The molecule has 5 heteroatoms. The Morgan fingerprint density at radius 3 is 2.67 bits per heavy atom. The zero-order valence-electron chi connectivity index (χ0n) is 10.3. The quantitative estimate of drug-likeness (QED) is 0.826. The van der Waals surface area contributed by atoms with Crippen LogP contribution in [-0.2, 0) is 6.54 Å². The van der Waals surface area contributed by atoms with Gasteiger partial charge in [0.25, 0.3) is 5.91 Å². The summed E-state index contributed by atoms with van der Waals surface area (Å²) in [5, 5.41) is 7.36. The highest BCUT2D eigenvalue weighted by molar-refractivity contribution is 5.92. The minimum absolute atomic E-state index is 0.409. The number of hydrogen-bond acceptors (Lipinski definition) is 3. The summed E-state index contributed by atoms with van der Waals surface area (Å²) in [6, 6.07) is 7.99. The highest BCUT2D eigenvalue weighted by Crippen LogP contribution is 2.10. The van der Waals surface area contributed by atoms with Gasteiger partial charge in [-0.2, -0.15) is 5.10 Å². The zero-order valence-corrected chi connectivity index (χ0v) is 10.3. The van der Waals surface area contributed by atoms with E-state index in [1.807, 2.05) is 24.3 Å². The first-order valence-corrected chi connectivity index (χ1v) is 5.85. The monoisotopic (exact) mass is 244 g/mol. The van der Waals surface area contributed by atoms with Crippen LogP contribution >= 0.6 is 0 Å². The lowest BCUT2D eigenvalue weighted by Crippen LogP contribution is -2.11. The number of amides is 1. The van der Waals surface area contributed by atoms with Crippen LogP contribution in [0.15, 0.2) is 36.7 Å². The van der Waals surface area contributed by atoms with Gasteiger partial charge in [-0.15, -0.1) is 0 Å². The maximum atomic E-state index is 11.0. The molecule has 1 amide bonds. The summed E-state index contributed by atoms with van der Waals surface area (Å²) in [7, 11) is 0. The van der Waals surface area contributed by atoms with E-state index in [9.17, 15) is 4.79 Å².